The minimum atomic E-state index is -5.39. The van der Waals surface area contributed by atoms with Gasteiger partial charge >= 0.3 is 16.4 Å². The first-order chi connectivity index (χ1) is 6.46. The molecule has 2 fully saturated rings. The zero-order valence-electron chi connectivity index (χ0n) is 6.34. The summed E-state index contributed by atoms with van der Waals surface area (Å²) in [4.78, 5) is 0. The van der Waals surface area contributed by atoms with Crippen LogP contribution in [-0.2, 0) is 0 Å². The summed E-state index contributed by atoms with van der Waals surface area (Å²) in [5.74, 6) is -5.39. The van der Waals surface area contributed by atoms with Crippen molar-refractivity contribution in [3.05, 3.63) is 0 Å². The standard InChI is InChI=1S/C5F8S2/c6-1-2(7,3(1,8)9)5(12,13)15-14-4(1,10)11. The molecule has 1 saturated carbocycles. The zero-order valence-corrected chi connectivity index (χ0v) is 7.97. The highest BCUT2D eigenvalue weighted by Crippen LogP contribution is 2.85. The number of alkyl halides is 8. The Morgan fingerprint density at radius 2 is 0.800 bits per heavy atom. The Morgan fingerprint density at radius 1 is 0.533 bits per heavy atom. The van der Waals surface area contributed by atoms with E-state index in [4.69, 9.17) is 0 Å². The maximum absolute atomic E-state index is 13.0. The SMILES string of the molecule is FC1(F)SSC(F)(F)C2(F)C(F)(F)C12F. The van der Waals surface area contributed by atoms with Gasteiger partial charge in [0.15, 0.2) is 0 Å². The average Bonchev–Trinajstić information content (AvgIpc) is 2.45. The molecule has 88 valence electrons. The Balaban J connectivity index is 2.57. The van der Waals surface area contributed by atoms with Gasteiger partial charge in [-0.1, -0.05) is 0 Å². The van der Waals surface area contributed by atoms with Crippen LogP contribution in [0.3, 0.4) is 0 Å². The smallest absolute Gasteiger partial charge is 0.225 e. The molecule has 0 aromatic rings. The van der Waals surface area contributed by atoms with Crippen molar-refractivity contribution in [1.82, 2.24) is 0 Å². The van der Waals surface area contributed by atoms with E-state index in [2.05, 4.69) is 0 Å². The number of halogens is 8. The highest BCUT2D eigenvalue weighted by molar-refractivity contribution is 8.77. The first-order valence-corrected chi connectivity index (χ1v) is 5.49. The summed E-state index contributed by atoms with van der Waals surface area (Å²) in [5, 5.41) is -9.78. The average molecular weight is 276 g/mol. The number of fused-ring (bicyclic) bond motifs is 1. The summed E-state index contributed by atoms with van der Waals surface area (Å²) in [6.45, 7) is 0. The molecular weight excluding hydrogens is 276 g/mol. The molecule has 1 heterocycles. The van der Waals surface area contributed by atoms with Crippen molar-refractivity contribution in [3.63, 3.8) is 0 Å². The molecular formula is C5F8S2. The van der Waals surface area contributed by atoms with Gasteiger partial charge < -0.3 is 0 Å². The van der Waals surface area contributed by atoms with Crippen molar-refractivity contribution in [2.24, 2.45) is 0 Å². The van der Waals surface area contributed by atoms with Gasteiger partial charge in [0, 0.05) is 0 Å². The van der Waals surface area contributed by atoms with E-state index in [9.17, 15) is 35.1 Å². The molecule has 0 aromatic heterocycles. The highest BCUT2D eigenvalue weighted by Gasteiger charge is 3.12. The van der Waals surface area contributed by atoms with Gasteiger partial charge in [-0.2, -0.15) is 26.3 Å². The lowest BCUT2D eigenvalue weighted by molar-refractivity contribution is -0.0919. The lowest BCUT2D eigenvalue weighted by Gasteiger charge is -2.29. The molecule has 15 heavy (non-hydrogen) atoms. The van der Waals surface area contributed by atoms with Crippen LogP contribution in [0.25, 0.3) is 0 Å². The maximum atomic E-state index is 13.0. The summed E-state index contributed by atoms with van der Waals surface area (Å²) in [6.07, 6.45) is 0. The topological polar surface area (TPSA) is 0 Å². The first-order valence-electron chi connectivity index (χ1n) is 3.34. The second-order valence-corrected chi connectivity index (χ2v) is 5.45. The number of hydrogen-bond donors (Lipinski definition) is 0. The Hall–Kier alpha value is 0.140. The molecule has 0 nitrogen and oxygen atoms in total. The van der Waals surface area contributed by atoms with Gasteiger partial charge in [-0.05, 0) is 21.6 Å². The molecule has 2 atom stereocenters. The lowest BCUT2D eigenvalue weighted by Crippen LogP contribution is -2.46. The molecule has 0 radical (unpaired) electrons. The Kier molecular flexibility index (Phi) is 1.83. The molecule has 2 unspecified atom stereocenters. The summed E-state index contributed by atoms with van der Waals surface area (Å²) in [6, 6.07) is 0. The molecule has 10 heteroatoms. The molecule has 0 N–H and O–H groups in total. The fourth-order valence-corrected chi connectivity index (χ4v) is 3.70. The van der Waals surface area contributed by atoms with E-state index in [1.807, 2.05) is 0 Å². The summed E-state index contributed by atoms with van der Waals surface area (Å²) in [5.41, 5.74) is -10.3. The molecule has 0 bridgehead atoms. The van der Waals surface area contributed by atoms with Gasteiger partial charge in [0.05, 0.1) is 0 Å². The zero-order chi connectivity index (χ0) is 11.9. The third-order valence-electron chi connectivity index (χ3n) is 2.33. The summed E-state index contributed by atoms with van der Waals surface area (Å²) < 4.78 is 102. The van der Waals surface area contributed by atoms with Gasteiger partial charge in [0.1, 0.15) is 0 Å². The molecule has 1 aliphatic carbocycles. The predicted molar refractivity (Wildman–Crippen MR) is 37.7 cm³/mol. The van der Waals surface area contributed by atoms with Crippen molar-refractivity contribution in [2.45, 2.75) is 27.8 Å². The van der Waals surface area contributed by atoms with Crippen molar-refractivity contribution < 1.29 is 35.1 Å². The van der Waals surface area contributed by atoms with Crippen LogP contribution in [0.2, 0.25) is 0 Å². The fourth-order valence-electron chi connectivity index (χ4n) is 1.41. The van der Waals surface area contributed by atoms with Crippen LogP contribution in [0.5, 0.6) is 0 Å². The monoisotopic (exact) mass is 276 g/mol. The van der Waals surface area contributed by atoms with E-state index >= 15 is 0 Å². The molecule has 0 spiro atoms. The molecule has 1 aliphatic heterocycles. The van der Waals surface area contributed by atoms with Gasteiger partial charge in [-0.15, -0.1) is 0 Å². The van der Waals surface area contributed by atoms with E-state index in [1.165, 1.54) is 0 Å². The van der Waals surface area contributed by atoms with Crippen LogP contribution in [0, 0.1) is 0 Å². The van der Waals surface area contributed by atoms with E-state index < -0.39 is 49.4 Å². The maximum Gasteiger partial charge on any atom is 0.346 e. The van der Waals surface area contributed by atoms with Crippen LogP contribution in [-0.4, -0.2) is 27.8 Å². The molecule has 0 amide bonds. The molecule has 0 aromatic carbocycles. The summed E-state index contributed by atoms with van der Waals surface area (Å²) in [7, 11) is -2.17. The molecule has 2 rings (SSSR count). The number of hydrogen-bond acceptors (Lipinski definition) is 2. The van der Waals surface area contributed by atoms with Crippen molar-refractivity contribution in [3.8, 4) is 0 Å². The van der Waals surface area contributed by atoms with Crippen LogP contribution in [0.4, 0.5) is 35.1 Å². The predicted octanol–water partition coefficient (Wildman–Crippen LogP) is 3.63. The minimum absolute atomic E-state index is 1.08. The van der Waals surface area contributed by atoms with Crippen molar-refractivity contribution in [1.29, 1.82) is 0 Å². The van der Waals surface area contributed by atoms with E-state index in [0.29, 0.717) is 0 Å². The Morgan fingerprint density at radius 3 is 1.07 bits per heavy atom. The van der Waals surface area contributed by atoms with Gasteiger partial charge in [0.25, 0.3) is 11.3 Å². The second-order valence-electron chi connectivity index (χ2n) is 3.09. The Labute approximate surface area is 85.2 Å². The third-order valence-corrected chi connectivity index (χ3v) is 4.90. The normalized spacial score (nSPS) is 49.6. The largest absolute Gasteiger partial charge is 0.346 e. The van der Waals surface area contributed by atoms with E-state index in [0.717, 1.165) is 0 Å². The fraction of sp³-hybridized carbons (Fsp3) is 1.00. The van der Waals surface area contributed by atoms with Crippen molar-refractivity contribution in [2.75, 3.05) is 0 Å². The lowest BCUT2D eigenvalue weighted by atomic mass is 10.2. The van der Waals surface area contributed by atoms with Gasteiger partial charge in [0.2, 0.25) is 0 Å². The third kappa shape index (κ3) is 0.829. The van der Waals surface area contributed by atoms with Crippen LogP contribution < -0.4 is 0 Å². The first kappa shape index (κ1) is 11.6. The van der Waals surface area contributed by atoms with Crippen LogP contribution >= 0.6 is 21.6 Å². The van der Waals surface area contributed by atoms with Crippen LogP contribution in [0.1, 0.15) is 0 Å². The molecule has 2 aliphatic rings. The highest BCUT2D eigenvalue weighted by atomic mass is 33.1. The molecule has 1 saturated heterocycles. The van der Waals surface area contributed by atoms with Gasteiger partial charge in [-0.3, -0.25) is 0 Å². The second kappa shape index (κ2) is 2.36. The van der Waals surface area contributed by atoms with E-state index in [1.54, 1.807) is 0 Å². The number of rotatable bonds is 0. The van der Waals surface area contributed by atoms with Crippen LogP contribution in [0.15, 0.2) is 0 Å². The van der Waals surface area contributed by atoms with Crippen molar-refractivity contribution >= 4 is 21.6 Å². The summed E-state index contributed by atoms with van der Waals surface area (Å²) >= 11 is 0. The van der Waals surface area contributed by atoms with Gasteiger partial charge in [-0.25, -0.2) is 8.78 Å². The van der Waals surface area contributed by atoms with E-state index in [-0.39, 0.29) is 0 Å². The quantitative estimate of drug-likeness (QED) is 0.489. The Bertz CT molecular complexity index is 299. The minimum Gasteiger partial charge on any atom is -0.225 e.